The molecule has 0 saturated carbocycles. The topological polar surface area (TPSA) is 68.3 Å². The van der Waals surface area contributed by atoms with Crippen LogP contribution in [0.2, 0.25) is 5.02 Å². The lowest BCUT2D eigenvalue weighted by Gasteiger charge is -2.31. The molecule has 0 radical (unpaired) electrons. The summed E-state index contributed by atoms with van der Waals surface area (Å²) in [4.78, 5) is 28.8. The van der Waals surface area contributed by atoms with E-state index < -0.39 is 5.72 Å². The van der Waals surface area contributed by atoms with E-state index in [0.29, 0.717) is 67.8 Å². The van der Waals surface area contributed by atoms with Crippen LogP contribution in [0.3, 0.4) is 0 Å². The van der Waals surface area contributed by atoms with Crippen LogP contribution >= 0.6 is 11.6 Å². The van der Waals surface area contributed by atoms with Crippen LogP contribution in [0.15, 0.2) is 12.1 Å². The highest BCUT2D eigenvalue weighted by molar-refractivity contribution is 6.31. The van der Waals surface area contributed by atoms with E-state index in [1.165, 1.54) is 0 Å². The van der Waals surface area contributed by atoms with Crippen molar-refractivity contribution in [1.29, 1.82) is 0 Å². The van der Waals surface area contributed by atoms with Crippen molar-refractivity contribution in [2.75, 3.05) is 32.9 Å². The molecule has 3 fully saturated rings. The smallest absolute Gasteiger partial charge is 0.227 e. The molecule has 8 heteroatoms. The number of hydrogen-bond acceptors (Lipinski definition) is 5. The Kier molecular flexibility index (Phi) is 3.59. The second kappa shape index (κ2) is 5.76. The summed E-state index contributed by atoms with van der Waals surface area (Å²) in [6, 6.07) is 3.27. The van der Waals surface area contributed by atoms with Gasteiger partial charge < -0.3 is 24.0 Å². The van der Waals surface area contributed by atoms with E-state index in [1.807, 2.05) is 4.90 Å². The number of benzene rings is 1. The van der Waals surface area contributed by atoms with Crippen LogP contribution in [0.25, 0.3) is 0 Å². The predicted octanol–water partition coefficient (Wildman–Crippen LogP) is 1.21. The third kappa shape index (κ3) is 2.23. The fourth-order valence-corrected chi connectivity index (χ4v) is 4.82. The van der Waals surface area contributed by atoms with Crippen molar-refractivity contribution in [3.63, 3.8) is 0 Å². The Bertz CT molecular complexity index is 800. The van der Waals surface area contributed by atoms with Crippen molar-refractivity contribution in [2.24, 2.45) is 0 Å². The molecule has 3 saturated heterocycles. The molecule has 0 unspecified atom stereocenters. The Morgan fingerprint density at radius 3 is 2.77 bits per heavy atom. The van der Waals surface area contributed by atoms with Crippen LogP contribution < -0.4 is 9.47 Å². The van der Waals surface area contributed by atoms with Gasteiger partial charge in [0, 0.05) is 30.6 Å². The van der Waals surface area contributed by atoms with Crippen molar-refractivity contribution >= 4 is 23.4 Å². The van der Waals surface area contributed by atoms with Crippen LogP contribution in [-0.4, -0.2) is 66.3 Å². The second-order valence-electron chi connectivity index (χ2n) is 7.06. The Hall–Kier alpha value is -1.99. The first-order chi connectivity index (χ1) is 12.6. The number of carbonyl (C=O) groups is 2. The van der Waals surface area contributed by atoms with Crippen molar-refractivity contribution in [1.82, 2.24) is 9.80 Å². The van der Waals surface area contributed by atoms with Crippen molar-refractivity contribution in [2.45, 2.75) is 31.0 Å². The molecule has 0 bridgehead atoms. The third-order valence-corrected chi connectivity index (χ3v) is 6.13. The molecule has 2 amide bonds. The van der Waals surface area contributed by atoms with E-state index in [0.717, 1.165) is 0 Å². The van der Waals surface area contributed by atoms with Crippen molar-refractivity contribution < 1.29 is 23.8 Å². The SMILES string of the molecule is O=C(Cc1cc2c(cc1Cl)OCCO2)N1CC[C@@]23OCCN2C(=O)C[C@@H]13. The van der Waals surface area contributed by atoms with E-state index in [1.54, 1.807) is 17.0 Å². The van der Waals surface area contributed by atoms with Gasteiger partial charge in [-0.25, -0.2) is 0 Å². The zero-order valence-electron chi connectivity index (χ0n) is 14.2. The van der Waals surface area contributed by atoms with Gasteiger partial charge in [-0.05, 0) is 11.6 Å². The van der Waals surface area contributed by atoms with Crippen LogP contribution in [-0.2, 0) is 20.7 Å². The molecule has 26 heavy (non-hydrogen) atoms. The largest absolute Gasteiger partial charge is 0.486 e. The van der Waals surface area contributed by atoms with Gasteiger partial charge in [-0.2, -0.15) is 0 Å². The fraction of sp³-hybridized carbons (Fsp3) is 0.556. The Morgan fingerprint density at radius 1 is 1.19 bits per heavy atom. The molecule has 2 atom stereocenters. The van der Waals surface area contributed by atoms with Gasteiger partial charge in [-0.15, -0.1) is 0 Å². The van der Waals surface area contributed by atoms with Gasteiger partial charge in [0.2, 0.25) is 11.8 Å². The van der Waals surface area contributed by atoms with Gasteiger partial charge in [0.1, 0.15) is 13.2 Å². The minimum Gasteiger partial charge on any atom is -0.486 e. The maximum absolute atomic E-state index is 13.0. The molecule has 1 aromatic rings. The minimum atomic E-state index is -0.608. The van der Waals surface area contributed by atoms with E-state index in [-0.39, 0.29) is 24.3 Å². The molecule has 0 aliphatic carbocycles. The number of likely N-dealkylation sites (tertiary alicyclic amines) is 1. The van der Waals surface area contributed by atoms with Gasteiger partial charge in [0.25, 0.3) is 0 Å². The van der Waals surface area contributed by atoms with Gasteiger partial charge in [0.15, 0.2) is 17.2 Å². The summed E-state index contributed by atoms with van der Waals surface area (Å²) in [5.74, 6) is 1.25. The number of nitrogens with zero attached hydrogens (tertiary/aromatic N) is 2. The molecule has 4 aliphatic rings. The molecule has 5 rings (SSSR count). The minimum absolute atomic E-state index is 0.0457. The van der Waals surface area contributed by atoms with E-state index in [4.69, 9.17) is 25.8 Å². The van der Waals surface area contributed by atoms with E-state index in [2.05, 4.69) is 0 Å². The zero-order valence-corrected chi connectivity index (χ0v) is 15.0. The van der Waals surface area contributed by atoms with Crippen molar-refractivity contribution in [3.8, 4) is 11.5 Å². The van der Waals surface area contributed by atoms with E-state index in [9.17, 15) is 9.59 Å². The normalized spacial score (nSPS) is 29.1. The summed E-state index contributed by atoms with van der Waals surface area (Å²) in [5, 5.41) is 0.484. The molecular formula is C18H19ClN2O5. The van der Waals surface area contributed by atoms with Crippen molar-refractivity contribution in [3.05, 3.63) is 22.7 Å². The molecule has 4 heterocycles. The highest BCUT2D eigenvalue weighted by Gasteiger charge is 2.62. The average molecular weight is 379 g/mol. The second-order valence-corrected chi connectivity index (χ2v) is 7.47. The summed E-state index contributed by atoms with van der Waals surface area (Å²) < 4.78 is 17.0. The first-order valence-electron chi connectivity index (χ1n) is 8.90. The van der Waals surface area contributed by atoms with Gasteiger partial charge in [0.05, 0.1) is 25.5 Å². The van der Waals surface area contributed by atoms with Gasteiger partial charge >= 0.3 is 0 Å². The predicted molar refractivity (Wildman–Crippen MR) is 91.3 cm³/mol. The Labute approximate surface area is 155 Å². The first-order valence-corrected chi connectivity index (χ1v) is 9.28. The summed E-state index contributed by atoms with van der Waals surface area (Å²) in [6.45, 7) is 2.72. The summed E-state index contributed by atoms with van der Waals surface area (Å²) >= 11 is 6.34. The molecule has 1 spiro atoms. The standard InChI is InChI=1S/C18H19ClN2O5/c19-12-9-14-13(24-5-6-25-14)7-11(12)8-16(22)20-2-1-18-15(20)10-17(23)21(18)3-4-26-18/h7,9,15H,1-6,8,10H2/t15-,18+/m1/s1. The van der Waals surface area contributed by atoms with Crippen LogP contribution in [0.1, 0.15) is 18.4 Å². The monoisotopic (exact) mass is 378 g/mol. The highest BCUT2D eigenvalue weighted by atomic mass is 35.5. The molecule has 4 aliphatic heterocycles. The maximum atomic E-state index is 13.0. The fourth-order valence-electron chi connectivity index (χ4n) is 4.60. The summed E-state index contributed by atoms with van der Waals surface area (Å²) in [6.07, 6.45) is 1.17. The van der Waals surface area contributed by atoms with E-state index >= 15 is 0 Å². The molecule has 0 aromatic heterocycles. The molecular weight excluding hydrogens is 360 g/mol. The highest BCUT2D eigenvalue weighted by Crippen LogP contribution is 2.46. The van der Waals surface area contributed by atoms with Crippen LogP contribution in [0, 0.1) is 0 Å². The first kappa shape index (κ1) is 16.2. The number of halogens is 1. The Morgan fingerprint density at radius 2 is 1.96 bits per heavy atom. The van der Waals surface area contributed by atoms with Gasteiger partial charge in [-0.3, -0.25) is 9.59 Å². The van der Waals surface area contributed by atoms with Crippen LogP contribution in [0.5, 0.6) is 11.5 Å². The summed E-state index contributed by atoms with van der Waals surface area (Å²) in [7, 11) is 0. The molecule has 7 nitrogen and oxygen atoms in total. The van der Waals surface area contributed by atoms with Crippen LogP contribution in [0.4, 0.5) is 0 Å². The lowest BCUT2D eigenvalue weighted by atomic mass is 10.1. The quantitative estimate of drug-likeness (QED) is 0.774. The number of hydrogen-bond donors (Lipinski definition) is 0. The number of rotatable bonds is 2. The zero-order chi connectivity index (χ0) is 17.9. The lowest BCUT2D eigenvalue weighted by Crippen LogP contribution is -2.49. The molecule has 1 aromatic carbocycles. The number of fused-ring (bicyclic) bond motifs is 1. The summed E-state index contributed by atoms with van der Waals surface area (Å²) in [5.41, 5.74) is 0.0963. The molecule has 138 valence electrons. The Balaban J connectivity index is 1.38. The maximum Gasteiger partial charge on any atom is 0.227 e. The lowest BCUT2D eigenvalue weighted by molar-refractivity contribution is -0.139. The third-order valence-electron chi connectivity index (χ3n) is 5.77. The number of amides is 2. The average Bonchev–Trinajstić information content (AvgIpc) is 3.26. The van der Waals surface area contributed by atoms with Gasteiger partial charge in [-0.1, -0.05) is 11.6 Å². The number of ether oxygens (including phenoxy) is 3. The molecule has 0 N–H and O–H groups in total. The number of carbonyl (C=O) groups excluding carboxylic acids is 2.